The molecule has 18 heavy (non-hydrogen) atoms. The quantitative estimate of drug-likeness (QED) is 0.517. The second-order valence-electron chi connectivity index (χ2n) is 6.86. The van der Waals surface area contributed by atoms with E-state index >= 15 is 0 Å². The zero-order valence-electron chi connectivity index (χ0n) is 12.9. The zero-order valence-corrected chi connectivity index (χ0v) is 13.9. The van der Waals surface area contributed by atoms with E-state index < -0.39 is 14.0 Å². The fraction of sp³-hybridized carbons (Fsp3) is 0.800. The minimum absolute atomic E-state index is 0.540. The largest absolute Gasteiger partial charge is 0.478 e. The molecule has 1 N–H and O–H groups in total. The summed E-state index contributed by atoms with van der Waals surface area (Å²) in [6, 6.07) is 3.15. The number of hydrogen-bond acceptors (Lipinski definition) is 1. The molecule has 0 aliphatic rings. The van der Waals surface area contributed by atoms with Gasteiger partial charge in [0.15, 0.2) is 0 Å². The van der Waals surface area contributed by atoms with Crippen molar-refractivity contribution in [1.29, 1.82) is 0 Å². The third kappa shape index (κ3) is 5.38. The Bertz CT molecular complexity index is 266. The lowest BCUT2D eigenvalue weighted by molar-refractivity contribution is -0.132. The maximum Gasteiger partial charge on any atom is 0.326 e. The highest BCUT2D eigenvalue weighted by Gasteiger charge is 2.40. The first kappa shape index (κ1) is 17.4. The van der Waals surface area contributed by atoms with Gasteiger partial charge in [0.25, 0.3) is 0 Å². The molecule has 0 fully saturated rings. The average molecular weight is 270 g/mol. The third-order valence-electron chi connectivity index (χ3n) is 3.30. The van der Waals surface area contributed by atoms with Gasteiger partial charge in [-0.15, -0.1) is 0 Å². The van der Waals surface area contributed by atoms with E-state index in [-0.39, 0.29) is 0 Å². The minimum Gasteiger partial charge on any atom is -0.478 e. The van der Waals surface area contributed by atoms with Gasteiger partial charge < -0.3 is 5.11 Å². The Morgan fingerprint density at radius 1 is 0.944 bits per heavy atom. The number of hydrogen-bond donors (Lipinski definition) is 1. The summed E-state index contributed by atoms with van der Waals surface area (Å²) in [4.78, 5) is 11.4. The van der Waals surface area contributed by atoms with Gasteiger partial charge in [-0.3, -0.25) is 0 Å². The Kier molecular flexibility index (Phi) is 6.90. The first-order chi connectivity index (χ1) is 8.10. The predicted molar refractivity (Wildman–Crippen MR) is 81.5 cm³/mol. The maximum absolute atomic E-state index is 11.4. The van der Waals surface area contributed by atoms with Crippen LogP contribution in [0.1, 0.15) is 41.5 Å². The fourth-order valence-electron chi connectivity index (χ4n) is 3.19. The summed E-state index contributed by atoms with van der Waals surface area (Å²) in [7, 11) is -1.95. The molecule has 0 aromatic heterocycles. The van der Waals surface area contributed by atoms with Gasteiger partial charge in [0.2, 0.25) is 0 Å². The highest BCUT2D eigenvalue weighted by Crippen LogP contribution is 2.37. The van der Waals surface area contributed by atoms with Gasteiger partial charge in [-0.25, -0.2) is 4.79 Å². The number of carboxylic acid groups (broad SMARTS) is 1. The van der Waals surface area contributed by atoms with Crippen LogP contribution in [0.2, 0.25) is 18.1 Å². The molecular weight excluding hydrogens is 240 g/mol. The summed E-state index contributed by atoms with van der Waals surface area (Å²) in [6.45, 7) is 17.1. The second-order valence-corrected chi connectivity index (χ2v) is 11.2. The molecule has 0 rings (SSSR count). The number of aliphatic carboxylic acids is 1. The van der Waals surface area contributed by atoms with E-state index in [1.54, 1.807) is 0 Å². The van der Waals surface area contributed by atoms with Crippen molar-refractivity contribution in [3.05, 3.63) is 11.8 Å². The molecule has 0 aliphatic heterocycles. The van der Waals surface area contributed by atoms with Crippen molar-refractivity contribution in [3.8, 4) is 0 Å². The lowest BCUT2D eigenvalue weighted by atomic mass is 10.2. The van der Waals surface area contributed by atoms with Crippen molar-refractivity contribution in [2.24, 2.45) is 17.8 Å². The standard InChI is InChI=1S/C15H30O2Si/c1-11(2)8-18(9-12(3)4,10-13(5)6)14(7)15(16)17/h11-13H,7-10H2,1-6H3,(H,16,17). The van der Waals surface area contributed by atoms with Crippen LogP contribution in [0, 0.1) is 17.8 Å². The summed E-state index contributed by atoms with van der Waals surface area (Å²) >= 11 is 0. The van der Waals surface area contributed by atoms with Gasteiger partial charge in [-0.1, -0.05) is 66.3 Å². The SMILES string of the molecule is C=C(C(=O)O)[Si](CC(C)C)(CC(C)C)CC(C)C. The van der Waals surface area contributed by atoms with Crippen molar-refractivity contribution in [2.75, 3.05) is 0 Å². The van der Waals surface area contributed by atoms with Gasteiger partial charge in [0.1, 0.15) is 0 Å². The Hall–Kier alpha value is -0.573. The van der Waals surface area contributed by atoms with Crippen LogP contribution in [-0.2, 0) is 4.79 Å². The molecule has 0 aliphatic carbocycles. The van der Waals surface area contributed by atoms with Crippen LogP contribution in [0.5, 0.6) is 0 Å². The molecule has 0 heterocycles. The van der Waals surface area contributed by atoms with Gasteiger partial charge >= 0.3 is 5.97 Å². The lowest BCUT2D eigenvalue weighted by Crippen LogP contribution is -2.43. The Labute approximate surface area is 113 Å². The molecule has 0 aromatic rings. The molecule has 0 saturated heterocycles. The zero-order chi connectivity index (χ0) is 14.5. The summed E-state index contributed by atoms with van der Waals surface area (Å²) < 4.78 is 0. The molecule has 0 unspecified atom stereocenters. The fourth-order valence-corrected chi connectivity index (χ4v) is 9.57. The van der Waals surface area contributed by atoms with Gasteiger partial charge in [-0.2, -0.15) is 0 Å². The monoisotopic (exact) mass is 270 g/mol. The first-order valence-corrected chi connectivity index (χ1v) is 9.65. The molecule has 0 amide bonds. The van der Waals surface area contributed by atoms with Crippen molar-refractivity contribution < 1.29 is 9.90 Å². The topological polar surface area (TPSA) is 37.3 Å². The van der Waals surface area contributed by atoms with Crippen LogP contribution in [0.3, 0.4) is 0 Å². The van der Waals surface area contributed by atoms with Crippen LogP contribution in [0.15, 0.2) is 11.8 Å². The minimum atomic E-state index is -1.95. The average Bonchev–Trinajstić information content (AvgIpc) is 2.12. The Morgan fingerprint density at radius 2 is 1.22 bits per heavy atom. The van der Waals surface area contributed by atoms with Crippen LogP contribution in [0.4, 0.5) is 0 Å². The predicted octanol–water partition coefficient (Wildman–Crippen LogP) is 4.58. The molecule has 0 atom stereocenters. The maximum atomic E-state index is 11.4. The van der Waals surface area contributed by atoms with Gasteiger partial charge in [-0.05, 0) is 17.8 Å². The van der Waals surface area contributed by atoms with E-state index in [9.17, 15) is 9.90 Å². The Balaban J connectivity index is 5.37. The van der Waals surface area contributed by atoms with E-state index in [1.807, 2.05) is 0 Å². The van der Waals surface area contributed by atoms with Crippen LogP contribution in [0.25, 0.3) is 0 Å². The molecular formula is C15H30O2Si. The molecule has 0 bridgehead atoms. The highest BCUT2D eigenvalue weighted by atomic mass is 28.3. The van der Waals surface area contributed by atoms with Crippen molar-refractivity contribution in [1.82, 2.24) is 0 Å². The second kappa shape index (κ2) is 7.12. The number of rotatable bonds is 8. The van der Waals surface area contributed by atoms with E-state index in [0.717, 1.165) is 18.1 Å². The molecule has 2 nitrogen and oxygen atoms in total. The molecule has 0 radical (unpaired) electrons. The lowest BCUT2D eigenvalue weighted by Gasteiger charge is -2.36. The summed E-state index contributed by atoms with van der Waals surface area (Å²) in [5.74, 6) is 0.865. The number of carbonyl (C=O) groups is 1. The molecule has 106 valence electrons. The highest BCUT2D eigenvalue weighted by molar-refractivity contribution is 6.90. The van der Waals surface area contributed by atoms with E-state index in [4.69, 9.17) is 0 Å². The summed E-state index contributed by atoms with van der Waals surface area (Å²) in [5, 5.41) is 9.93. The Morgan fingerprint density at radius 3 is 1.39 bits per heavy atom. The number of carboxylic acids is 1. The van der Waals surface area contributed by atoms with Crippen LogP contribution in [-0.4, -0.2) is 19.1 Å². The molecule has 3 heteroatoms. The van der Waals surface area contributed by atoms with E-state index in [2.05, 4.69) is 48.1 Å². The normalized spacial score (nSPS) is 12.5. The smallest absolute Gasteiger partial charge is 0.326 e. The van der Waals surface area contributed by atoms with Crippen molar-refractivity contribution >= 4 is 14.0 Å². The van der Waals surface area contributed by atoms with E-state index in [1.165, 1.54) is 0 Å². The summed E-state index contributed by atoms with van der Waals surface area (Å²) in [6.07, 6.45) is 0. The van der Waals surface area contributed by atoms with Crippen molar-refractivity contribution in [3.63, 3.8) is 0 Å². The summed E-state index contributed by atoms with van der Waals surface area (Å²) in [5.41, 5.74) is 0. The van der Waals surface area contributed by atoms with Crippen LogP contribution < -0.4 is 0 Å². The molecule has 0 aromatic carbocycles. The first-order valence-electron chi connectivity index (χ1n) is 7.03. The van der Waals surface area contributed by atoms with Crippen molar-refractivity contribution in [2.45, 2.75) is 59.7 Å². The van der Waals surface area contributed by atoms with Crippen LogP contribution >= 0.6 is 0 Å². The third-order valence-corrected chi connectivity index (χ3v) is 9.58. The van der Waals surface area contributed by atoms with E-state index in [0.29, 0.717) is 23.0 Å². The van der Waals surface area contributed by atoms with Gasteiger partial charge in [0, 0.05) is 5.20 Å². The molecule has 0 saturated carbocycles. The van der Waals surface area contributed by atoms with Gasteiger partial charge in [0.05, 0.1) is 8.07 Å². The molecule has 0 spiro atoms.